The summed E-state index contributed by atoms with van der Waals surface area (Å²) in [6, 6.07) is -1.78. The number of amides is 4. The summed E-state index contributed by atoms with van der Waals surface area (Å²) in [5, 5.41) is 13.9. The summed E-state index contributed by atoms with van der Waals surface area (Å²) in [5.41, 5.74) is -1.76. The number of urea groups is 1. The molecule has 0 aromatic heterocycles. The van der Waals surface area contributed by atoms with Crippen molar-refractivity contribution in [3.05, 3.63) is 0 Å². The zero-order valence-electron chi connectivity index (χ0n) is 12.8. The van der Waals surface area contributed by atoms with Crippen molar-refractivity contribution < 1.29 is 24.3 Å². The number of carbonyl (C=O) groups excluding carboxylic acids is 3. The van der Waals surface area contributed by atoms with Gasteiger partial charge in [-0.25, -0.2) is 9.59 Å². The van der Waals surface area contributed by atoms with Gasteiger partial charge in [-0.3, -0.25) is 14.5 Å². The molecule has 3 N–H and O–H groups in total. The number of carbonyl (C=O) groups is 4. The molecule has 0 aromatic rings. The van der Waals surface area contributed by atoms with E-state index in [0.717, 1.165) is 4.90 Å². The van der Waals surface area contributed by atoms with E-state index >= 15 is 0 Å². The standard InChI is InChI=1S/C13H21N3O5/c1-12(2,3)8(9(18)19)14-7(17)6-16-10(20)13(4,5)15-11(16)21/h8H,6H2,1-5H3,(H,14,17)(H,15,21)(H,18,19)/t8-/m0/s1. The molecule has 1 rings (SSSR count). The molecule has 1 saturated heterocycles. The third kappa shape index (κ3) is 3.71. The van der Waals surface area contributed by atoms with E-state index in [0.29, 0.717) is 0 Å². The van der Waals surface area contributed by atoms with Gasteiger partial charge in [0.25, 0.3) is 5.91 Å². The first-order chi connectivity index (χ1) is 9.36. The van der Waals surface area contributed by atoms with Gasteiger partial charge in [-0.2, -0.15) is 0 Å². The van der Waals surface area contributed by atoms with Crippen LogP contribution in [0.3, 0.4) is 0 Å². The van der Waals surface area contributed by atoms with E-state index in [-0.39, 0.29) is 0 Å². The summed E-state index contributed by atoms with van der Waals surface area (Å²) in [7, 11) is 0. The van der Waals surface area contributed by atoms with Crippen LogP contribution in [0.25, 0.3) is 0 Å². The van der Waals surface area contributed by atoms with Crippen LogP contribution in [0.4, 0.5) is 4.79 Å². The second-order valence-electron chi connectivity index (χ2n) is 6.65. The first kappa shape index (κ1) is 16.9. The van der Waals surface area contributed by atoms with Crippen molar-refractivity contribution in [2.45, 2.75) is 46.2 Å². The van der Waals surface area contributed by atoms with E-state index in [1.807, 2.05) is 0 Å². The van der Waals surface area contributed by atoms with E-state index in [2.05, 4.69) is 10.6 Å². The van der Waals surface area contributed by atoms with Crippen LogP contribution in [0.15, 0.2) is 0 Å². The van der Waals surface area contributed by atoms with E-state index in [1.165, 1.54) is 13.8 Å². The lowest BCUT2D eigenvalue weighted by Crippen LogP contribution is -2.52. The highest BCUT2D eigenvalue weighted by Gasteiger charge is 2.45. The molecule has 0 unspecified atom stereocenters. The number of hydrogen-bond acceptors (Lipinski definition) is 4. The van der Waals surface area contributed by atoms with Gasteiger partial charge in [0.05, 0.1) is 0 Å². The topological polar surface area (TPSA) is 116 Å². The monoisotopic (exact) mass is 299 g/mol. The van der Waals surface area contributed by atoms with Gasteiger partial charge in [-0.15, -0.1) is 0 Å². The fourth-order valence-electron chi connectivity index (χ4n) is 1.96. The lowest BCUT2D eigenvalue weighted by Gasteiger charge is -2.28. The Morgan fingerprint density at radius 2 is 1.86 bits per heavy atom. The Morgan fingerprint density at radius 1 is 1.33 bits per heavy atom. The van der Waals surface area contributed by atoms with Gasteiger partial charge in [-0.1, -0.05) is 20.8 Å². The highest BCUT2D eigenvalue weighted by Crippen LogP contribution is 2.20. The third-order valence-electron chi connectivity index (χ3n) is 3.16. The molecule has 0 aromatic carbocycles. The van der Waals surface area contributed by atoms with Crippen molar-refractivity contribution in [3.8, 4) is 0 Å². The number of carboxylic acids is 1. The summed E-state index contributed by atoms with van der Waals surface area (Å²) in [6.45, 7) is 7.56. The van der Waals surface area contributed by atoms with E-state index in [9.17, 15) is 19.2 Å². The zero-order valence-corrected chi connectivity index (χ0v) is 12.8. The highest BCUT2D eigenvalue weighted by atomic mass is 16.4. The van der Waals surface area contributed by atoms with Crippen molar-refractivity contribution in [1.29, 1.82) is 0 Å². The number of rotatable bonds is 4. The Labute approximate surface area is 122 Å². The molecule has 21 heavy (non-hydrogen) atoms. The number of hydrogen-bond donors (Lipinski definition) is 3. The molecule has 8 nitrogen and oxygen atoms in total. The van der Waals surface area contributed by atoms with Crippen LogP contribution in [-0.4, -0.2) is 51.9 Å². The van der Waals surface area contributed by atoms with Crippen LogP contribution >= 0.6 is 0 Å². The maximum atomic E-state index is 11.9. The Hall–Kier alpha value is -2.12. The SMILES string of the molecule is CC1(C)NC(=O)N(CC(=O)N[C@@H](C(=O)O)C(C)(C)C)C1=O. The molecule has 1 aliphatic rings. The Bertz CT molecular complexity index is 493. The average molecular weight is 299 g/mol. The number of nitrogens with one attached hydrogen (secondary N) is 2. The normalized spacial score (nSPS) is 19.2. The van der Waals surface area contributed by atoms with Crippen molar-refractivity contribution >= 4 is 23.8 Å². The van der Waals surface area contributed by atoms with Gasteiger partial charge < -0.3 is 15.7 Å². The van der Waals surface area contributed by atoms with Crippen molar-refractivity contribution in [2.24, 2.45) is 5.41 Å². The molecule has 0 bridgehead atoms. The summed E-state index contributed by atoms with van der Waals surface area (Å²) in [5.74, 6) is -2.39. The van der Waals surface area contributed by atoms with Crippen LogP contribution in [0.1, 0.15) is 34.6 Å². The van der Waals surface area contributed by atoms with Crippen LogP contribution in [0.2, 0.25) is 0 Å². The Morgan fingerprint density at radius 3 is 2.19 bits per heavy atom. The molecular weight excluding hydrogens is 278 g/mol. The van der Waals surface area contributed by atoms with Gasteiger partial charge in [-0.05, 0) is 19.3 Å². The maximum absolute atomic E-state index is 11.9. The lowest BCUT2D eigenvalue weighted by molar-refractivity contribution is -0.145. The number of nitrogens with zero attached hydrogens (tertiary/aromatic N) is 1. The molecule has 0 spiro atoms. The largest absolute Gasteiger partial charge is 0.480 e. The van der Waals surface area contributed by atoms with Crippen LogP contribution in [0.5, 0.6) is 0 Å². The minimum Gasteiger partial charge on any atom is -0.480 e. The minimum absolute atomic E-state index is 0.506. The first-order valence-electron chi connectivity index (χ1n) is 6.52. The number of imide groups is 1. The van der Waals surface area contributed by atoms with Crippen LogP contribution in [-0.2, 0) is 14.4 Å². The Kier molecular flexibility index (Phi) is 4.31. The van der Waals surface area contributed by atoms with E-state index < -0.39 is 47.4 Å². The van der Waals surface area contributed by atoms with Gasteiger partial charge in [0.1, 0.15) is 18.1 Å². The second kappa shape index (κ2) is 5.34. The smallest absolute Gasteiger partial charge is 0.326 e. The molecule has 4 amide bonds. The summed E-state index contributed by atoms with van der Waals surface area (Å²) in [4.78, 5) is 47.5. The third-order valence-corrected chi connectivity index (χ3v) is 3.16. The predicted octanol–water partition coefficient (Wildman–Crippen LogP) is -0.0677. The predicted molar refractivity (Wildman–Crippen MR) is 73.3 cm³/mol. The molecule has 118 valence electrons. The molecule has 8 heteroatoms. The zero-order chi connectivity index (χ0) is 16.6. The molecule has 1 fully saturated rings. The van der Waals surface area contributed by atoms with Gasteiger partial charge in [0.15, 0.2) is 0 Å². The fourth-order valence-corrected chi connectivity index (χ4v) is 1.96. The maximum Gasteiger partial charge on any atom is 0.326 e. The van der Waals surface area contributed by atoms with E-state index in [4.69, 9.17) is 5.11 Å². The van der Waals surface area contributed by atoms with Crippen molar-refractivity contribution in [2.75, 3.05) is 6.54 Å². The van der Waals surface area contributed by atoms with Crippen molar-refractivity contribution in [1.82, 2.24) is 15.5 Å². The number of carboxylic acid groups (broad SMARTS) is 1. The van der Waals surface area contributed by atoms with Crippen LogP contribution in [0, 0.1) is 5.41 Å². The summed E-state index contributed by atoms with van der Waals surface area (Å²) >= 11 is 0. The summed E-state index contributed by atoms with van der Waals surface area (Å²) in [6.07, 6.45) is 0. The molecule has 0 radical (unpaired) electrons. The lowest BCUT2D eigenvalue weighted by atomic mass is 9.87. The highest BCUT2D eigenvalue weighted by molar-refractivity contribution is 6.08. The molecule has 1 atom stereocenters. The average Bonchev–Trinajstić information content (AvgIpc) is 2.46. The number of aliphatic carboxylic acids is 1. The second-order valence-corrected chi connectivity index (χ2v) is 6.65. The van der Waals surface area contributed by atoms with Crippen molar-refractivity contribution in [3.63, 3.8) is 0 Å². The van der Waals surface area contributed by atoms with Gasteiger partial charge >= 0.3 is 12.0 Å². The fraction of sp³-hybridized carbons (Fsp3) is 0.692. The van der Waals surface area contributed by atoms with Gasteiger partial charge in [0, 0.05) is 0 Å². The van der Waals surface area contributed by atoms with Crippen LogP contribution < -0.4 is 10.6 Å². The summed E-state index contributed by atoms with van der Waals surface area (Å²) < 4.78 is 0. The molecule has 0 saturated carbocycles. The minimum atomic E-state index is -1.17. The first-order valence-corrected chi connectivity index (χ1v) is 6.52. The molecule has 1 aliphatic heterocycles. The van der Waals surface area contributed by atoms with E-state index in [1.54, 1.807) is 20.8 Å². The molecule has 0 aliphatic carbocycles. The molecule has 1 heterocycles. The Balaban J connectivity index is 2.76. The molecular formula is C13H21N3O5. The van der Waals surface area contributed by atoms with Gasteiger partial charge in [0.2, 0.25) is 5.91 Å². The quantitative estimate of drug-likeness (QED) is 0.629.